The summed E-state index contributed by atoms with van der Waals surface area (Å²) >= 11 is 0. The SMILES string of the molecule is CNC(=O)c1cccc(CNC(=O)CCc2ccc(-c3ccccc3)[nH]2)c1. The van der Waals surface area contributed by atoms with Gasteiger partial charge in [-0.1, -0.05) is 42.5 Å². The number of amides is 2. The highest BCUT2D eigenvalue weighted by Gasteiger charge is 2.07. The maximum absolute atomic E-state index is 12.1. The highest BCUT2D eigenvalue weighted by atomic mass is 16.2. The van der Waals surface area contributed by atoms with E-state index >= 15 is 0 Å². The Balaban J connectivity index is 1.49. The molecule has 1 heterocycles. The molecule has 138 valence electrons. The number of hydrogen-bond acceptors (Lipinski definition) is 2. The quantitative estimate of drug-likeness (QED) is 0.604. The van der Waals surface area contributed by atoms with Crippen LogP contribution in [0.2, 0.25) is 0 Å². The van der Waals surface area contributed by atoms with E-state index in [1.165, 1.54) is 0 Å². The summed E-state index contributed by atoms with van der Waals surface area (Å²) in [5.74, 6) is -0.152. The lowest BCUT2D eigenvalue weighted by atomic mass is 10.1. The summed E-state index contributed by atoms with van der Waals surface area (Å²) < 4.78 is 0. The van der Waals surface area contributed by atoms with Gasteiger partial charge in [0.25, 0.3) is 5.91 Å². The molecule has 0 unspecified atom stereocenters. The van der Waals surface area contributed by atoms with E-state index in [0.717, 1.165) is 22.5 Å². The average molecular weight is 361 g/mol. The fourth-order valence-electron chi connectivity index (χ4n) is 2.88. The van der Waals surface area contributed by atoms with Crippen LogP contribution in [0.4, 0.5) is 0 Å². The topological polar surface area (TPSA) is 74.0 Å². The Morgan fingerprint density at radius 2 is 1.78 bits per heavy atom. The van der Waals surface area contributed by atoms with Crippen molar-refractivity contribution < 1.29 is 9.59 Å². The van der Waals surface area contributed by atoms with Crippen LogP contribution in [0.25, 0.3) is 11.3 Å². The minimum Gasteiger partial charge on any atom is -0.358 e. The summed E-state index contributed by atoms with van der Waals surface area (Å²) in [5, 5.41) is 5.50. The van der Waals surface area contributed by atoms with Gasteiger partial charge in [-0.2, -0.15) is 0 Å². The zero-order chi connectivity index (χ0) is 19.1. The van der Waals surface area contributed by atoms with Crippen molar-refractivity contribution >= 4 is 11.8 Å². The fraction of sp³-hybridized carbons (Fsp3) is 0.182. The van der Waals surface area contributed by atoms with Gasteiger partial charge in [0, 0.05) is 37.0 Å². The third kappa shape index (κ3) is 5.07. The van der Waals surface area contributed by atoms with Crippen LogP contribution in [-0.2, 0) is 17.8 Å². The normalized spacial score (nSPS) is 10.4. The predicted molar refractivity (Wildman–Crippen MR) is 106 cm³/mol. The van der Waals surface area contributed by atoms with Crippen LogP contribution in [-0.4, -0.2) is 23.8 Å². The van der Waals surface area contributed by atoms with Crippen molar-refractivity contribution in [2.24, 2.45) is 0 Å². The van der Waals surface area contributed by atoms with E-state index < -0.39 is 0 Å². The van der Waals surface area contributed by atoms with Crippen molar-refractivity contribution in [3.63, 3.8) is 0 Å². The standard InChI is InChI=1S/C22H23N3O2/c1-23-22(27)18-9-5-6-16(14-18)15-24-21(26)13-11-19-10-12-20(25-19)17-7-3-2-4-8-17/h2-10,12,14,25H,11,13,15H2,1H3,(H,23,27)(H,24,26). The fourth-order valence-corrected chi connectivity index (χ4v) is 2.88. The molecule has 0 aliphatic carbocycles. The first-order valence-electron chi connectivity index (χ1n) is 8.97. The van der Waals surface area contributed by atoms with Crippen molar-refractivity contribution in [1.82, 2.24) is 15.6 Å². The van der Waals surface area contributed by atoms with E-state index in [9.17, 15) is 9.59 Å². The molecule has 3 aromatic rings. The van der Waals surface area contributed by atoms with Gasteiger partial charge in [0.05, 0.1) is 0 Å². The second-order valence-electron chi connectivity index (χ2n) is 6.32. The number of aryl methyl sites for hydroxylation is 1. The van der Waals surface area contributed by atoms with Crippen molar-refractivity contribution in [1.29, 1.82) is 0 Å². The number of carbonyl (C=O) groups is 2. The number of carbonyl (C=O) groups excluding carboxylic acids is 2. The Morgan fingerprint density at radius 3 is 2.56 bits per heavy atom. The minimum absolute atomic E-state index is 0.0174. The summed E-state index contributed by atoms with van der Waals surface area (Å²) in [5.41, 5.74) is 4.70. The molecule has 5 heteroatoms. The molecule has 5 nitrogen and oxygen atoms in total. The molecule has 27 heavy (non-hydrogen) atoms. The molecular formula is C22H23N3O2. The molecule has 3 N–H and O–H groups in total. The van der Waals surface area contributed by atoms with E-state index in [2.05, 4.69) is 27.8 Å². The van der Waals surface area contributed by atoms with Crippen molar-refractivity contribution in [2.75, 3.05) is 7.05 Å². The van der Waals surface area contributed by atoms with Crippen molar-refractivity contribution in [3.8, 4) is 11.3 Å². The van der Waals surface area contributed by atoms with Gasteiger partial charge in [0.1, 0.15) is 0 Å². The molecule has 0 aliphatic heterocycles. The summed E-state index contributed by atoms with van der Waals surface area (Å²) in [7, 11) is 1.60. The van der Waals surface area contributed by atoms with Crippen LogP contribution < -0.4 is 10.6 Å². The van der Waals surface area contributed by atoms with Gasteiger partial charge in [-0.15, -0.1) is 0 Å². The predicted octanol–water partition coefficient (Wildman–Crippen LogP) is 3.29. The van der Waals surface area contributed by atoms with Crippen LogP contribution in [0.5, 0.6) is 0 Å². The molecule has 0 aliphatic rings. The largest absolute Gasteiger partial charge is 0.358 e. The molecule has 2 aromatic carbocycles. The third-order valence-electron chi connectivity index (χ3n) is 4.36. The maximum Gasteiger partial charge on any atom is 0.251 e. The van der Waals surface area contributed by atoms with E-state index in [-0.39, 0.29) is 11.8 Å². The van der Waals surface area contributed by atoms with E-state index in [1.807, 2.05) is 42.5 Å². The van der Waals surface area contributed by atoms with E-state index in [0.29, 0.717) is 24.9 Å². The van der Waals surface area contributed by atoms with Crippen LogP contribution in [0.15, 0.2) is 66.7 Å². The smallest absolute Gasteiger partial charge is 0.251 e. The molecule has 3 rings (SSSR count). The lowest BCUT2D eigenvalue weighted by molar-refractivity contribution is -0.121. The monoisotopic (exact) mass is 361 g/mol. The molecule has 1 aromatic heterocycles. The van der Waals surface area contributed by atoms with Gasteiger partial charge in [-0.05, 0) is 41.8 Å². The van der Waals surface area contributed by atoms with Crippen molar-refractivity contribution in [3.05, 3.63) is 83.6 Å². The Kier molecular flexibility index (Phi) is 6.05. The molecular weight excluding hydrogens is 338 g/mol. The van der Waals surface area contributed by atoms with E-state index in [4.69, 9.17) is 0 Å². The molecule has 0 saturated carbocycles. The van der Waals surface area contributed by atoms with Gasteiger partial charge >= 0.3 is 0 Å². The average Bonchev–Trinajstić information content (AvgIpc) is 3.20. The first-order valence-corrected chi connectivity index (χ1v) is 8.97. The van der Waals surface area contributed by atoms with Gasteiger partial charge < -0.3 is 15.6 Å². The van der Waals surface area contributed by atoms with Gasteiger partial charge in [-0.25, -0.2) is 0 Å². The number of H-pyrrole nitrogens is 1. The number of aromatic amines is 1. The van der Waals surface area contributed by atoms with E-state index in [1.54, 1.807) is 19.2 Å². The molecule has 0 atom stereocenters. The minimum atomic E-state index is -0.135. The van der Waals surface area contributed by atoms with Gasteiger partial charge in [0.15, 0.2) is 0 Å². The summed E-state index contributed by atoms with van der Waals surface area (Å²) in [6.07, 6.45) is 1.06. The molecule has 0 spiro atoms. The van der Waals surface area contributed by atoms with Crippen LogP contribution in [0.3, 0.4) is 0 Å². The lowest BCUT2D eigenvalue weighted by Gasteiger charge is -2.07. The lowest BCUT2D eigenvalue weighted by Crippen LogP contribution is -2.23. The zero-order valence-electron chi connectivity index (χ0n) is 15.3. The highest BCUT2D eigenvalue weighted by molar-refractivity contribution is 5.94. The summed E-state index contributed by atoms with van der Waals surface area (Å²) in [6, 6.07) is 21.4. The maximum atomic E-state index is 12.1. The molecule has 0 radical (unpaired) electrons. The molecule has 0 bridgehead atoms. The van der Waals surface area contributed by atoms with Crippen molar-refractivity contribution in [2.45, 2.75) is 19.4 Å². The highest BCUT2D eigenvalue weighted by Crippen LogP contribution is 2.18. The second kappa shape index (κ2) is 8.85. The molecule has 0 saturated heterocycles. The third-order valence-corrected chi connectivity index (χ3v) is 4.36. The molecule has 2 amide bonds. The van der Waals surface area contributed by atoms with Crippen LogP contribution >= 0.6 is 0 Å². The first-order chi connectivity index (χ1) is 13.2. The summed E-state index contributed by atoms with van der Waals surface area (Å²) in [6.45, 7) is 0.406. The Labute approximate surface area is 158 Å². The Bertz CT molecular complexity index is 916. The zero-order valence-corrected chi connectivity index (χ0v) is 15.3. The number of aromatic nitrogens is 1. The first kappa shape index (κ1) is 18.5. The number of nitrogens with one attached hydrogen (secondary N) is 3. The second-order valence-corrected chi connectivity index (χ2v) is 6.32. The van der Waals surface area contributed by atoms with Crippen LogP contribution in [0.1, 0.15) is 28.0 Å². The number of benzene rings is 2. The molecule has 0 fully saturated rings. The number of rotatable bonds is 7. The Morgan fingerprint density at radius 1 is 0.963 bits per heavy atom. The van der Waals surface area contributed by atoms with Gasteiger partial charge in [-0.3, -0.25) is 9.59 Å². The van der Waals surface area contributed by atoms with Gasteiger partial charge in [0.2, 0.25) is 5.91 Å². The summed E-state index contributed by atoms with van der Waals surface area (Å²) in [4.78, 5) is 27.2. The number of hydrogen-bond donors (Lipinski definition) is 3. The Hall–Kier alpha value is -3.34. The van der Waals surface area contributed by atoms with Crippen LogP contribution in [0, 0.1) is 0 Å².